The molecule has 4 rings (SSSR count). The van der Waals surface area contributed by atoms with Crippen LogP contribution in [-0.4, -0.2) is 35.2 Å². The number of rotatable bonds is 5. The van der Waals surface area contributed by atoms with Gasteiger partial charge >= 0.3 is 11.9 Å². The predicted molar refractivity (Wildman–Crippen MR) is 107 cm³/mol. The summed E-state index contributed by atoms with van der Waals surface area (Å²) >= 11 is 1.31. The monoisotopic (exact) mass is 419 g/mol. The Morgan fingerprint density at radius 3 is 2.62 bits per heavy atom. The number of allylic oxidation sites excluding steroid dienone is 2. The number of fused-ring (bicyclic) bond motifs is 3. The van der Waals surface area contributed by atoms with Gasteiger partial charge in [-0.05, 0) is 44.6 Å². The van der Waals surface area contributed by atoms with Crippen molar-refractivity contribution in [1.29, 1.82) is 0 Å². The van der Waals surface area contributed by atoms with Crippen LogP contribution < -0.4 is 5.32 Å². The van der Waals surface area contributed by atoms with E-state index in [4.69, 9.17) is 9.47 Å². The summed E-state index contributed by atoms with van der Waals surface area (Å²) in [4.78, 5) is 38.4. The highest BCUT2D eigenvalue weighted by atomic mass is 32.1. The summed E-state index contributed by atoms with van der Waals surface area (Å²) in [6, 6.07) is 0. The molecule has 1 saturated carbocycles. The Morgan fingerprint density at radius 2 is 1.97 bits per heavy atom. The molecule has 2 N–H and O–H groups in total. The maximum atomic E-state index is 13.1. The van der Waals surface area contributed by atoms with Crippen LogP contribution in [-0.2, 0) is 32.1 Å². The van der Waals surface area contributed by atoms with Crippen LogP contribution in [0.25, 0.3) is 0 Å². The molecule has 4 atom stereocenters. The smallest absolute Gasteiger partial charge is 0.341 e. The van der Waals surface area contributed by atoms with Crippen LogP contribution in [0.3, 0.4) is 0 Å². The summed E-state index contributed by atoms with van der Waals surface area (Å²) < 4.78 is 11.1. The fourth-order valence-corrected chi connectivity index (χ4v) is 5.89. The van der Waals surface area contributed by atoms with Crippen LogP contribution in [0.2, 0.25) is 0 Å². The summed E-state index contributed by atoms with van der Waals surface area (Å²) in [7, 11) is 0. The Hall–Kier alpha value is -2.19. The van der Waals surface area contributed by atoms with Crippen LogP contribution in [0, 0.1) is 23.7 Å². The molecule has 29 heavy (non-hydrogen) atoms. The number of carboxylic acids is 1. The van der Waals surface area contributed by atoms with Gasteiger partial charge in [0.15, 0.2) is 0 Å². The number of thiophene rings is 1. The number of anilines is 1. The minimum Gasteiger partial charge on any atom is -0.481 e. The van der Waals surface area contributed by atoms with E-state index in [9.17, 15) is 19.5 Å². The summed E-state index contributed by atoms with van der Waals surface area (Å²) in [6.07, 6.45) is 5.07. The summed E-state index contributed by atoms with van der Waals surface area (Å²) in [5, 5.41) is 12.9. The molecule has 0 saturated heterocycles. The lowest BCUT2D eigenvalue weighted by Gasteiger charge is -2.30. The Balaban J connectivity index is 1.66. The molecule has 1 aliphatic heterocycles. The topological polar surface area (TPSA) is 102 Å². The summed E-state index contributed by atoms with van der Waals surface area (Å²) in [5.74, 6) is -3.32. The zero-order valence-electron chi connectivity index (χ0n) is 16.7. The highest BCUT2D eigenvalue weighted by Gasteiger charge is 2.52. The SMILES string of the molecule is CCOC(=O)c1c(NC(=O)[C@@H]2[C@@H](C(=O)O)[C@H]3C=C[C@H]2C3)sc2c1CC(C)(C)OC2. The Labute approximate surface area is 173 Å². The first-order chi connectivity index (χ1) is 13.7. The zero-order chi connectivity index (χ0) is 20.9. The summed E-state index contributed by atoms with van der Waals surface area (Å²) in [5.41, 5.74) is 0.810. The second kappa shape index (κ2) is 7.25. The maximum Gasteiger partial charge on any atom is 0.341 e. The van der Waals surface area contributed by atoms with Crippen molar-refractivity contribution >= 4 is 34.2 Å². The second-order valence-electron chi connectivity index (χ2n) is 8.48. The molecule has 0 radical (unpaired) electrons. The molecule has 0 spiro atoms. The third-order valence-electron chi connectivity index (χ3n) is 6.05. The number of aliphatic carboxylic acids is 1. The molecule has 2 bridgehead atoms. The fourth-order valence-electron chi connectivity index (χ4n) is 4.77. The number of hydrogen-bond donors (Lipinski definition) is 2. The largest absolute Gasteiger partial charge is 0.481 e. The van der Waals surface area contributed by atoms with Crippen LogP contribution in [0.1, 0.15) is 48.0 Å². The molecule has 3 aliphatic rings. The molecule has 2 heterocycles. The first kappa shape index (κ1) is 20.1. The Kier molecular flexibility index (Phi) is 5.02. The number of carbonyl (C=O) groups excluding carboxylic acids is 2. The van der Waals surface area contributed by atoms with Crippen LogP contribution >= 0.6 is 11.3 Å². The van der Waals surface area contributed by atoms with Gasteiger partial charge in [0.25, 0.3) is 0 Å². The van der Waals surface area contributed by atoms with E-state index in [0.29, 0.717) is 30.0 Å². The average molecular weight is 419 g/mol. The number of esters is 1. The number of hydrogen-bond acceptors (Lipinski definition) is 6. The molecule has 156 valence electrons. The first-order valence-electron chi connectivity index (χ1n) is 9.89. The molecule has 0 aromatic carbocycles. The van der Waals surface area contributed by atoms with Gasteiger partial charge in [0.2, 0.25) is 5.91 Å². The van der Waals surface area contributed by atoms with E-state index in [2.05, 4.69) is 5.32 Å². The quantitative estimate of drug-likeness (QED) is 0.561. The van der Waals surface area contributed by atoms with Crippen LogP contribution in [0.5, 0.6) is 0 Å². The molecule has 8 heteroatoms. The second-order valence-corrected chi connectivity index (χ2v) is 9.59. The molecule has 1 aromatic rings. The fraction of sp³-hybridized carbons (Fsp3) is 0.571. The Bertz CT molecular complexity index is 901. The zero-order valence-corrected chi connectivity index (χ0v) is 17.5. The molecule has 0 unspecified atom stereocenters. The lowest BCUT2D eigenvalue weighted by atomic mass is 9.82. The third kappa shape index (κ3) is 3.48. The van der Waals surface area contributed by atoms with Gasteiger partial charge in [0.05, 0.1) is 36.2 Å². The molecular formula is C21H25NO6S. The van der Waals surface area contributed by atoms with Crippen molar-refractivity contribution in [2.24, 2.45) is 23.7 Å². The predicted octanol–water partition coefficient (Wildman–Crippen LogP) is 3.24. The highest BCUT2D eigenvalue weighted by Crippen LogP contribution is 2.49. The maximum absolute atomic E-state index is 13.1. The van der Waals surface area contributed by atoms with Gasteiger partial charge in [-0.1, -0.05) is 12.2 Å². The minimum atomic E-state index is -0.951. The van der Waals surface area contributed by atoms with E-state index >= 15 is 0 Å². The van der Waals surface area contributed by atoms with Crippen molar-refractivity contribution in [2.75, 3.05) is 11.9 Å². The van der Waals surface area contributed by atoms with Gasteiger partial charge in [-0.2, -0.15) is 0 Å². The van der Waals surface area contributed by atoms with Gasteiger partial charge in [0, 0.05) is 11.3 Å². The standard InChI is InChI=1S/C21H25NO6S/c1-4-27-20(26)16-12-8-21(2,3)28-9-13(12)29-18(16)22-17(23)14-10-5-6-11(7-10)15(14)19(24)25/h5-6,10-11,14-15H,4,7-9H2,1-3H3,(H,22,23)(H,24,25)/t10-,11-,14-,15-/m0/s1. The number of ether oxygens (including phenoxy) is 2. The van der Waals surface area contributed by atoms with E-state index in [-0.39, 0.29) is 24.3 Å². The van der Waals surface area contributed by atoms with E-state index < -0.39 is 29.4 Å². The molecule has 1 aromatic heterocycles. The summed E-state index contributed by atoms with van der Waals surface area (Å²) in [6.45, 7) is 6.25. The first-order valence-corrected chi connectivity index (χ1v) is 10.7. The normalized spacial score (nSPS) is 28.8. The van der Waals surface area contributed by atoms with Gasteiger partial charge in [0.1, 0.15) is 5.00 Å². The van der Waals surface area contributed by atoms with E-state index in [1.807, 2.05) is 26.0 Å². The van der Waals surface area contributed by atoms with E-state index in [1.165, 1.54) is 11.3 Å². The minimum absolute atomic E-state index is 0.0796. The van der Waals surface area contributed by atoms with Crippen molar-refractivity contribution in [2.45, 2.75) is 45.8 Å². The number of carboxylic acid groups (broad SMARTS) is 1. The van der Waals surface area contributed by atoms with Gasteiger partial charge in [-0.3, -0.25) is 9.59 Å². The number of carbonyl (C=O) groups is 3. The van der Waals surface area contributed by atoms with E-state index in [0.717, 1.165) is 10.4 Å². The van der Waals surface area contributed by atoms with Crippen molar-refractivity contribution in [3.05, 3.63) is 28.2 Å². The van der Waals surface area contributed by atoms with E-state index in [1.54, 1.807) is 6.92 Å². The van der Waals surface area contributed by atoms with Gasteiger partial charge < -0.3 is 19.9 Å². The number of nitrogens with one attached hydrogen (secondary N) is 1. The van der Waals surface area contributed by atoms with Crippen LogP contribution in [0.15, 0.2) is 12.2 Å². The lowest BCUT2D eigenvalue weighted by molar-refractivity contribution is -0.146. The lowest BCUT2D eigenvalue weighted by Crippen LogP contribution is -2.36. The van der Waals surface area contributed by atoms with Crippen LogP contribution in [0.4, 0.5) is 5.00 Å². The van der Waals surface area contributed by atoms with Gasteiger partial charge in [-0.25, -0.2) is 4.79 Å². The van der Waals surface area contributed by atoms with Crippen molar-refractivity contribution in [3.8, 4) is 0 Å². The third-order valence-corrected chi connectivity index (χ3v) is 7.17. The molecule has 1 amide bonds. The van der Waals surface area contributed by atoms with Crippen molar-refractivity contribution in [3.63, 3.8) is 0 Å². The molecular weight excluding hydrogens is 394 g/mol. The molecule has 1 fully saturated rings. The molecule has 2 aliphatic carbocycles. The van der Waals surface area contributed by atoms with Gasteiger partial charge in [-0.15, -0.1) is 11.3 Å². The average Bonchev–Trinajstić information content (AvgIpc) is 3.33. The Morgan fingerprint density at radius 1 is 1.28 bits per heavy atom. The number of amides is 1. The van der Waals surface area contributed by atoms with Crippen molar-refractivity contribution < 1.29 is 29.0 Å². The highest BCUT2D eigenvalue weighted by molar-refractivity contribution is 7.17. The van der Waals surface area contributed by atoms with Crippen molar-refractivity contribution in [1.82, 2.24) is 0 Å². The molecule has 7 nitrogen and oxygen atoms in total.